The molecule has 0 aromatic carbocycles. The van der Waals surface area contributed by atoms with Crippen molar-refractivity contribution in [2.45, 2.75) is 6.92 Å². The van der Waals surface area contributed by atoms with Crippen LogP contribution in [0.25, 0.3) is 0 Å². The first-order valence-electron chi connectivity index (χ1n) is 3.01. The molecule has 0 fully saturated rings. The molecule has 0 amide bonds. The quantitative estimate of drug-likeness (QED) is 0.513. The van der Waals surface area contributed by atoms with Crippen molar-refractivity contribution in [3.8, 4) is 0 Å². The number of rotatable bonds is 1. The van der Waals surface area contributed by atoms with Gasteiger partial charge in [-0.1, -0.05) is 6.58 Å². The Morgan fingerprint density at radius 3 is 3.00 bits per heavy atom. The zero-order chi connectivity index (χ0) is 6.69. The molecule has 2 heteroatoms. The standard InChI is InChI=1S/C7H10N2/c1-3-9-7(2)5-4-6-8-9/h4-6H,2-3H2,1H3. The van der Waals surface area contributed by atoms with Gasteiger partial charge in [0.1, 0.15) is 0 Å². The molecule has 0 saturated heterocycles. The van der Waals surface area contributed by atoms with Gasteiger partial charge in [-0.05, 0) is 19.1 Å². The fourth-order valence-electron chi connectivity index (χ4n) is 0.718. The van der Waals surface area contributed by atoms with Gasteiger partial charge in [0.25, 0.3) is 0 Å². The number of hydrazone groups is 1. The van der Waals surface area contributed by atoms with Crippen LogP contribution in [0.4, 0.5) is 0 Å². The Hall–Kier alpha value is -1.05. The molecule has 2 nitrogen and oxygen atoms in total. The predicted octanol–water partition coefficient (Wildman–Crippen LogP) is 1.38. The van der Waals surface area contributed by atoms with Gasteiger partial charge < -0.3 is 0 Å². The highest BCUT2D eigenvalue weighted by molar-refractivity contribution is 5.72. The minimum atomic E-state index is 0.889. The first-order chi connectivity index (χ1) is 4.34. The molecule has 0 unspecified atom stereocenters. The largest absolute Gasteiger partial charge is 0.266 e. The Morgan fingerprint density at radius 1 is 1.78 bits per heavy atom. The number of hydrogen-bond donors (Lipinski definition) is 0. The molecular formula is C7H10N2. The summed E-state index contributed by atoms with van der Waals surface area (Å²) in [4.78, 5) is 0. The van der Waals surface area contributed by atoms with Crippen molar-refractivity contribution in [1.29, 1.82) is 0 Å². The van der Waals surface area contributed by atoms with Gasteiger partial charge in [-0.3, -0.25) is 5.01 Å². The van der Waals surface area contributed by atoms with E-state index in [-0.39, 0.29) is 0 Å². The molecule has 0 bridgehead atoms. The Balaban J connectivity index is 2.66. The van der Waals surface area contributed by atoms with Crippen LogP contribution in [0, 0.1) is 0 Å². The highest BCUT2D eigenvalue weighted by Gasteiger charge is 1.99. The SMILES string of the molecule is C=C1C=CC=NN1CC. The van der Waals surface area contributed by atoms with Gasteiger partial charge in [0.2, 0.25) is 0 Å². The highest BCUT2D eigenvalue weighted by atomic mass is 15.4. The van der Waals surface area contributed by atoms with Crippen LogP contribution in [0.2, 0.25) is 0 Å². The van der Waals surface area contributed by atoms with Crippen molar-refractivity contribution < 1.29 is 0 Å². The summed E-state index contributed by atoms with van der Waals surface area (Å²) < 4.78 is 0. The van der Waals surface area contributed by atoms with Gasteiger partial charge in [-0.15, -0.1) is 0 Å². The Labute approximate surface area is 55.2 Å². The Bertz CT molecular complexity index is 168. The van der Waals surface area contributed by atoms with Gasteiger partial charge in [0.15, 0.2) is 0 Å². The van der Waals surface area contributed by atoms with E-state index in [1.54, 1.807) is 6.21 Å². The molecule has 0 saturated carbocycles. The minimum Gasteiger partial charge on any atom is -0.266 e. The van der Waals surface area contributed by atoms with Crippen molar-refractivity contribution in [2.75, 3.05) is 6.54 Å². The third-order valence-corrected chi connectivity index (χ3v) is 1.21. The third-order valence-electron chi connectivity index (χ3n) is 1.21. The summed E-state index contributed by atoms with van der Waals surface area (Å²) in [6.07, 6.45) is 5.59. The fourth-order valence-corrected chi connectivity index (χ4v) is 0.718. The van der Waals surface area contributed by atoms with E-state index in [0.29, 0.717) is 0 Å². The van der Waals surface area contributed by atoms with E-state index in [9.17, 15) is 0 Å². The monoisotopic (exact) mass is 122 g/mol. The average Bonchev–Trinajstić information content (AvgIpc) is 1.89. The van der Waals surface area contributed by atoms with E-state index in [0.717, 1.165) is 12.2 Å². The van der Waals surface area contributed by atoms with Gasteiger partial charge >= 0.3 is 0 Å². The smallest absolute Gasteiger partial charge is 0.0522 e. The van der Waals surface area contributed by atoms with Crippen LogP contribution >= 0.6 is 0 Å². The molecule has 0 aromatic rings. The van der Waals surface area contributed by atoms with E-state index in [4.69, 9.17) is 0 Å². The summed E-state index contributed by atoms with van der Waals surface area (Å²) in [6.45, 7) is 6.72. The van der Waals surface area contributed by atoms with E-state index in [2.05, 4.69) is 11.7 Å². The molecule has 0 radical (unpaired) electrons. The summed E-state index contributed by atoms with van der Waals surface area (Å²) in [5.41, 5.74) is 0.958. The lowest BCUT2D eigenvalue weighted by Crippen LogP contribution is -2.15. The maximum absolute atomic E-state index is 4.05. The lowest BCUT2D eigenvalue weighted by atomic mass is 10.4. The van der Waals surface area contributed by atoms with Crippen molar-refractivity contribution in [3.63, 3.8) is 0 Å². The predicted molar refractivity (Wildman–Crippen MR) is 39.2 cm³/mol. The molecule has 1 aliphatic rings. The van der Waals surface area contributed by atoms with Crippen LogP contribution in [-0.2, 0) is 0 Å². The molecule has 1 heterocycles. The molecule has 0 aliphatic carbocycles. The topological polar surface area (TPSA) is 15.6 Å². The molecule has 0 spiro atoms. The van der Waals surface area contributed by atoms with Crippen LogP contribution in [0.1, 0.15) is 6.92 Å². The van der Waals surface area contributed by atoms with E-state index in [1.807, 2.05) is 24.1 Å². The Kier molecular flexibility index (Phi) is 1.68. The zero-order valence-corrected chi connectivity index (χ0v) is 5.54. The van der Waals surface area contributed by atoms with Crippen LogP contribution in [0.15, 0.2) is 29.5 Å². The highest BCUT2D eigenvalue weighted by Crippen LogP contribution is 2.05. The number of nitrogens with zero attached hydrogens (tertiary/aromatic N) is 2. The van der Waals surface area contributed by atoms with E-state index < -0.39 is 0 Å². The molecule has 0 aromatic heterocycles. The molecule has 48 valence electrons. The van der Waals surface area contributed by atoms with Crippen LogP contribution < -0.4 is 0 Å². The fraction of sp³-hybridized carbons (Fsp3) is 0.286. The van der Waals surface area contributed by atoms with Crippen molar-refractivity contribution in [3.05, 3.63) is 24.4 Å². The second-order valence-electron chi connectivity index (χ2n) is 1.83. The van der Waals surface area contributed by atoms with Crippen molar-refractivity contribution in [2.24, 2.45) is 5.10 Å². The molecule has 0 atom stereocenters. The zero-order valence-electron chi connectivity index (χ0n) is 5.54. The van der Waals surface area contributed by atoms with Crippen LogP contribution in [0.5, 0.6) is 0 Å². The van der Waals surface area contributed by atoms with E-state index in [1.165, 1.54) is 0 Å². The molecule has 9 heavy (non-hydrogen) atoms. The van der Waals surface area contributed by atoms with E-state index >= 15 is 0 Å². The number of likely N-dealkylation sites (N-methyl/N-ethyl adjacent to an activating group) is 1. The summed E-state index contributed by atoms with van der Waals surface area (Å²) in [5, 5.41) is 5.90. The summed E-state index contributed by atoms with van der Waals surface area (Å²) >= 11 is 0. The molecular weight excluding hydrogens is 112 g/mol. The summed E-state index contributed by atoms with van der Waals surface area (Å²) in [7, 11) is 0. The third kappa shape index (κ3) is 1.19. The van der Waals surface area contributed by atoms with Crippen LogP contribution in [0.3, 0.4) is 0 Å². The maximum Gasteiger partial charge on any atom is 0.0522 e. The lowest BCUT2D eigenvalue weighted by molar-refractivity contribution is 0.398. The van der Waals surface area contributed by atoms with Gasteiger partial charge in [0, 0.05) is 12.8 Å². The molecule has 1 aliphatic heterocycles. The molecule has 1 rings (SSSR count). The molecule has 0 N–H and O–H groups in total. The minimum absolute atomic E-state index is 0.889. The Morgan fingerprint density at radius 2 is 2.56 bits per heavy atom. The first-order valence-corrected chi connectivity index (χ1v) is 3.01. The van der Waals surface area contributed by atoms with Crippen molar-refractivity contribution >= 4 is 6.21 Å². The van der Waals surface area contributed by atoms with Gasteiger partial charge in [0.05, 0.1) is 5.70 Å². The first kappa shape index (κ1) is 6.08. The summed E-state index contributed by atoms with van der Waals surface area (Å²) in [5.74, 6) is 0. The van der Waals surface area contributed by atoms with Gasteiger partial charge in [-0.2, -0.15) is 5.10 Å². The maximum atomic E-state index is 4.05. The number of hydrogen-bond acceptors (Lipinski definition) is 2. The average molecular weight is 122 g/mol. The normalized spacial score (nSPS) is 17.0. The van der Waals surface area contributed by atoms with Crippen molar-refractivity contribution in [1.82, 2.24) is 5.01 Å². The number of allylic oxidation sites excluding steroid dienone is 2. The second-order valence-corrected chi connectivity index (χ2v) is 1.83. The second kappa shape index (κ2) is 2.49. The lowest BCUT2D eigenvalue weighted by Gasteiger charge is -2.18. The summed E-state index contributed by atoms with van der Waals surface area (Å²) in [6, 6.07) is 0. The van der Waals surface area contributed by atoms with Crippen LogP contribution in [-0.4, -0.2) is 17.8 Å². The van der Waals surface area contributed by atoms with Gasteiger partial charge in [-0.25, -0.2) is 0 Å².